The molecule has 2 heterocycles. The molecule has 1 saturated heterocycles. The largest absolute Gasteiger partial charge is 0.376 e. The molecule has 4 nitrogen and oxygen atoms in total. The quantitative estimate of drug-likeness (QED) is 0.915. The summed E-state index contributed by atoms with van der Waals surface area (Å²) in [6, 6.07) is 7.55. The molecule has 1 aromatic heterocycles. The molecule has 0 radical (unpaired) electrons. The number of amides is 1. The van der Waals surface area contributed by atoms with Gasteiger partial charge in [0, 0.05) is 36.5 Å². The molecule has 98 valence electrons. The zero-order valence-corrected chi connectivity index (χ0v) is 10.6. The van der Waals surface area contributed by atoms with Gasteiger partial charge in [-0.05, 0) is 36.4 Å². The van der Waals surface area contributed by atoms with Crippen molar-refractivity contribution in [2.75, 3.05) is 13.2 Å². The summed E-state index contributed by atoms with van der Waals surface area (Å²) in [4.78, 5) is 16.1. The maximum absolute atomic E-state index is 12.1. The van der Waals surface area contributed by atoms with Crippen LogP contribution in [0.15, 0.2) is 36.7 Å². The second-order valence-electron chi connectivity index (χ2n) is 4.78. The van der Waals surface area contributed by atoms with Gasteiger partial charge in [0.1, 0.15) is 0 Å². The summed E-state index contributed by atoms with van der Waals surface area (Å²) in [7, 11) is 0. The Morgan fingerprint density at radius 2 is 2.32 bits per heavy atom. The van der Waals surface area contributed by atoms with Gasteiger partial charge in [-0.2, -0.15) is 0 Å². The number of carbonyl (C=O) groups excluding carboxylic acids is 1. The number of pyridine rings is 1. The van der Waals surface area contributed by atoms with Gasteiger partial charge in [-0.3, -0.25) is 9.78 Å². The number of nitrogens with zero attached hydrogens (tertiary/aromatic N) is 1. The monoisotopic (exact) mass is 256 g/mol. The van der Waals surface area contributed by atoms with E-state index in [1.165, 1.54) is 0 Å². The first kappa shape index (κ1) is 12.1. The second kappa shape index (κ2) is 5.36. The Morgan fingerprint density at radius 1 is 1.37 bits per heavy atom. The second-order valence-corrected chi connectivity index (χ2v) is 4.78. The van der Waals surface area contributed by atoms with Gasteiger partial charge in [-0.25, -0.2) is 0 Å². The Labute approximate surface area is 111 Å². The lowest BCUT2D eigenvalue weighted by atomic mass is 10.1. The molecule has 19 heavy (non-hydrogen) atoms. The Hall–Kier alpha value is -1.94. The van der Waals surface area contributed by atoms with Gasteiger partial charge < -0.3 is 10.1 Å². The van der Waals surface area contributed by atoms with Gasteiger partial charge in [0.05, 0.1) is 6.10 Å². The number of ether oxygens (including phenoxy) is 1. The molecule has 3 rings (SSSR count). The summed E-state index contributed by atoms with van der Waals surface area (Å²) in [6.45, 7) is 1.40. The smallest absolute Gasteiger partial charge is 0.251 e. The van der Waals surface area contributed by atoms with Gasteiger partial charge >= 0.3 is 0 Å². The molecule has 1 aliphatic heterocycles. The van der Waals surface area contributed by atoms with Crippen molar-refractivity contribution in [2.45, 2.75) is 18.9 Å². The minimum absolute atomic E-state index is 0.0470. The third-order valence-electron chi connectivity index (χ3n) is 3.42. The Kier molecular flexibility index (Phi) is 3.42. The van der Waals surface area contributed by atoms with E-state index in [2.05, 4.69) is 10.3 Å². The van der Waals surface area contributed by atoms with Crippen LogP contribution >= 0.6 is 0 Å². The third kappa shape index (κ3) is 2.74. The number of nitrogens with one attached hydrogen (secondary N) is 1. The van der Waals surface area contributed by atoms with E-state index in [9.17, 15) is 4.79 Å². The summed E-state index contributed by atoms with van der Waals surface area (Å²) in [5, 5.41) is 4.99. The van der Waals surface area contributed by atoms with E-state index in [0.29, 0.717) is 12.1 Å². The van der Waals surface area contributed by atoms with Crippen molar-refractivity contribution >= 4 is 16.7 Å². The fraction of sp³-hybridized carbons (Fsp3) is 0.333. The summed E-state index contributed by atoms with van der Waals surface area (Å²) in [6.07, 6.45) is 5.82. The van der Waals surface area contributed by atoms with Crippen molar-refractivity contribution in [3.05, 3.63) is 42.2 Å². The Bertz CT molecular complexity index is 591. The molecule has 1 aliphatic rings. The maximum Gasteiger partial charge on any atom is 0.251 e. The number of hydrogen-bond donors (Lipinski definition) is 1. The normalized spacial score (nSPS) is 18.6. The average Bonchev–Trinajstić information content (AvgIpc) is 2.97. The minimum atomic E-state index is -0.0470. The van der Waals surface area contributed by atoms with Crippen LogP contribution in [0.5, 0.6) is 0 Å². The van der Waals surface area contributed by atoms with Crippen LogP contribution in [0.2, 0.25) is 0 Å². The van der Waals surface area contributed by atoms with E-state index in [1.54, 1.807) is 12.4 Å². The fourth-order valence-electron chi connectivity index (χ4n) is 2.34. The van der Waals surface area contributed by atoms with Gasteiger partial charge in [0.25, 0.3) is 5.91 Å². The Balaban J connectivity index is 1.70. The van der Waals surface area contributed by atoms with Gasteiger partial charge in [0.2, 0.25) is 0 Å². The lowest BCUT2D eigenvalue weighted by Gasteiger charge is -2.11. The molecule has 1 unspecified atom stereocenters. The lowest BCUT2D eigenvalue weighted by molar-refractivity contribution is 0.0858. The highest BCUT2D eigenvalue weighted by molar-refractivity contribution is 5.98. The number of rotatable bonds is 3. The first-order chi connectivity index (χ1) is 9.33. The van der Waals surface area contributed by atoms with Crippen LogP contribution in [0.1, 0.15) is 23.2 Å². The number of fused-ring (bicyclic) bond motifs is 1. The molecule has 0 spiro atoms. The summed E-state index contributed by atoms with van der Waals surface area (Å²) in [5.74, 6) is -0.0470. The first-order valence-corrected chi connectivity index (χ1v) is 6.56. The fourth-order valence-corrected chi connectivity index (χ4v) is 2.34. The van der Waals surface area contributed by atoms with Crippen molar-refractivity contribution in [1.29, 1.82) is 0 Å². The van der Waals surface area contributed by atoms with E-state index in [4.69, 9.17) is 4.74 Å². The molecule has 1 amide bonds. The van der Waals surface area contributed by atoms with Crippen LogP contribution in [0.4, 0.5) is 0 Å². The molecule has 2 aromatic rings. The number of carbonyl (C=O) groups is 1. The molecule has 1 atom stereocenters. The average molecular weight is 256 g/mol. The molecule has 0 aliphatic carbocycles. The topological polar surface area (TPSA) is 51.2 Å². The van der Waals surface area contributed by atoms with E-state index in [1.807, 2.05) is 24.3 Å². The number of hydrogen-bond acceptors (Lipinski definition) is 3. The summed E-state index contributed by atoms with van der Waals surface area (Å²) in [5.41, 5.74) is 0.677. The summed E-state index contributed by atoms with van der Waals surface area (Å²) < 4.78 is 5.49. The predicted molar refractivity (Wildman–Crippen MR) is 73.1 cm³/mol. The molecule has 0 bridgehead atoms. The highest BCUT2D eigenvalue weighted by atomic mass is 16.5. The van der Waals surface area contributed by atoms with E-state index in [0.717, 1.165) is 30.2 Å². The molecule has 1 aromatic carbocycles. The van der Waals surface area contributed by atoms with E-state index in [-0.39, 0.29) is 12.0 Å². The van der Waals surface area contributed by atoms with Gasteiger partial charge in [0.15, 0.2) is 0 Å². The highest BCUT2D eigenvalue weighted by Crippen LogP contribution is 2.15. The standard InChI is InChI=1S/C15H16N2O2/c18-15(17-10-14-2-1-7-19-14)12-3-4-13-9-16-6-5-11(13)8-12/h3-6,8-9,14H,1-2,7,10H2,(H,17,18). The van der Waals surface area contributed by atoms with E-state index >= 15 is 0 Å². The maximum atomic E-state index is 12.1. The van der Waals surface area contributed by atoms with Crippen LogP contribution < -0.4 is 5.32 Å². The predicted octanol–water partition coefficient (Wildman–Crippen LogP) is 2.14. The van der Waals surface area contributed by atoms with E-state index < -0.39 is 0 Å². The van der Waals surface area contributed by atoms with Crippen molar-refractivity contribution in [3.63, 3.8) is 0 Å². The van der Waals surface area contributed by atoms with Gasteiger partial charge in [-0.15, -0.1) is 0 Å². The lowest BCUT2D eigenvalue weighted by Crippen LogP contribution is -2.31. The van der Waals surface area contributed by atoms with Crippen LogP contribution in [0.3, 0.4) is 0 Å². The minimum Gasteiger partial charge on any atom is -0.376 e. The third-order valence-corrected chi connectivity index (χ3v) is 3.42. The molecular weight excluding hydrogens is 240 g/mol. The van der Waals surface area contributed by atoms with Crippen molar-refractivity contribution < 1.29 is 9.53 Å². The van der Waals surface area contributed by atoms with Crippen molar-refractivity contribution in [1.82, 2.24) is 10.3 Å². The molecule has 1 fully saturated rings. The zero-order chi connectivity index (χ0) is 13.1. The SMILES string of the molecule is O=C(NCC1CCCO1)c1ccc2cnccc2c1. The van der Waals surface area contributed by atoms with Crippen LogP contribution in [-0.4, -0.2) is 30.1 Å². The number of aromatic nitrogens is 1. The van der Waals surface area contributed by atoms with Crippen LogP contribution in [0, 0.1) is 0 Å². The van der Waals surface area contributed by atoms with Crippen LogP contribution in [-0.2, 0) is 4.74 Å². The highest BCUT2D eigenvalue weighted by Gasteiger charge is 2.16. The molecule has 4 heteroatoms. The van der Waals surface area contributed by atoms with Crippen LogP contribution in [0.25, 0.3) is 10.8 Å². The zero-order valence-electron chi connectivity index (χ0n) is 10.6. The Morgan fingerprint density at radius 3 is 3.16 bits per heavy atom. The number of benzene rings is 1. The van der Waals surface area contributed by atoms with Crippen molar-refractivity contribution in [2.24, 2.45) is 0 Å². The summed E-state index contributed by atoms with van der Waals surface area (Å²) >= 11 is 0. The first-order valence-electron chi connectivity index (χ1n) is 6.56. The van der Waals surface area contributed by atoms with Crippen molar-refractivity contribution in [3.8, 4) is 0 Å². The van der Waals surface area contributed by atoms with Gasteiger partial charge in [-0.1, -0.05) is 6.07 Å². The molecule has 1 N–H and O–H groups in total. The molecular formula is C15H16N2O2. The molecule has 0 saturated carbocycles.